The average Bonchev–Trinajstić information content (AvgIpc) is 3.07. The molecule has 0 aliphatic carbocycles. The Labute approximate surface area is 197 Å². The number of benzene rings is 1. The molecule has 13 heteroatoms. The second-order valence-corrected chi connectivity index (χ2v) is 7.74. The minimum Gasteiger partial charge on any atom is -0.433 e. The van der Waals surface area contributed by atoms with Crippen LogP contribution in [0.4, 0.5) is 19.5 Å². The number of nitriles is 1. The van der Waals surface area contributed by atoms with Gasteiger partial charge in [-0.2, -0.15) is 10.3 Å². The molecule has 0 spiro atoms. The van der Waals surface area contributed by atoms with Gasteiger partial charge < -0.3 is 14.2 Å². The lowest BCUT2D eigenvalue weighted by Crippen LogP contribution is -2.38. The van der Waals surface area contributed by atoms with Crippen LogP contribution in [-0.4, -0.2) is 68.6 Å². The van der Waals surface area contributed by atoms with E-state index >= 15 is 0 Å². The van der Waals surface area contributed by atoms with E-state index in [2.05, 4.69) is 14.9 Å². The van der Waals surface area contributed by atoms with Gasteiger partial charge in [0.25, 0.3) is 0 Å². The summed E-state index contributed by atoms with van der Waals surface area (Å²) in [5, 5.41) is 8.94. The lowest BCUT2D eigenvalue weighted by Gasteiger charge is -2.25. The van der Waals surface area contributed by atoms with E-state index in [1.165, 1.54) is 0 Å². The van der Waals surface area contributed by atoms with Gasteiger partial charge in [0.05, 0.1) is 46.1 Å². The molecule has 160 valence electrons. The summed E-state index contributed by atoms with van der Waals surface area (Å²) in [7, 11) is 0. The second kappa shape index (κ2) is 10.6. The minimum absolute atomic E-state index is 0.0403. The zero-order valence-electron chi connectivity index (χ0n) is 15.4. The molecule has 30 heavy (non-hydrogen) atoms. The number of aliphatic imine (C=N–C) groups is 1. The van der Waals surface area contributed by atoms with E-state index in [1.54, 1.807) is 28.9 Å². The number of ether oxygens (including phenoxy) is 3. The molecule has 0 atom stereocenters. The first-order valence-electron chi connectivity index (χ1n) is 8.69. The van der Waals surface area contributed by atoms with Gasteiger partial charge in [-0.15, -0.1) is 0 Å². The Balaban J connectivity index is 1.71. The molecular weight excluding hydrogens is 630 g/mol. The highest BCUT2D eigenvalue weighted by Gasteiger charge is 2.21. The molecule has 0 unspecified atom stereocenters. The van der Waals surface area contributed by atoms with Crippen LogP contribution in [0.25, 0.3) is 11.0 Å². The van der Waals surface area contributed by atoms with E-state index in [1.807, 2.05) is 22.6 Å². The van der Waals surface area contributed by atoms with Crippen molar-refractivity contribution in [3.8, 4) is 6.07 Å². The third-order valence-electron chi connectivity index (χ3n) is 4.14. The highest BCUT2D eigenvalue weighted by Crippen LogP contribution is 2.30. The summed E-state index contributed by atoms with van der Waals surface area (Å²) in [6, 6.07) is 2.37. The van der Waals surface area contributed by atoms with Crippen molar-refractivity contribution in [3.63, 3.8) is 0 Å². The number of fused-ring (bicyclic) bond motifs is 1. The van der Waals surface area contributed by atoms with E-state index in [4.69, 9.17) is 19.5 Å². The van der Waals surface area contributed by atoms with E-state index in [-0.39, 0.29) is 33.9 Å². The van der Waals surface area contributed by atoms with Crippen LogP contribution in [0.5, 0.6) is 0 Å². The maximum Gasteiger partial charge on any atom is 0.515 e. The summed E-state index contributed by atoms with van der Waals surface area (Å²) in [6.45, 7) is 3.52. The summed E-state index contributed by atoms with van der Waals surface area (Å²) in [5.41, 5.74) is -0.935. The first kappa shape index (κ1) is 23.0. The van der Waals surface area contributed by atoms with Crippen LogP contribution < -0.4 is 0 Å². The number of carbonyl (C=O) groups excluding carboxylic acids is 1. The number of aromatic nitrogens is 2. The Bertz CT molecular complexity index is 1020. The number of alkyl halides is 1. The predicted octanol–water partition coefficient (Wildman–Crippen LogP) is 3.33. The van der Waals surface area contributed by atoms with Crippen LogP contribution in [0.15, 0.2) is 11.1 Å². The highest BCUT2D eigenvalue weighted by molar-refractivity contribution is 14.1. The van der Waals surface area contributed by atoms with Crippen molar-refractivity contribution in [1.82, 2.24) is 12.7 Å². The molecule has 1 aliphatic rings. The van der Waals surface area contributed by atoms with Gasteiger partial charge in [-0.3, -0.25) is 4.90 Å². The molecule has 1 aromatic heterocycles. The molecule has 0 saturated carbocycles. The third-order valence-corrected chi connectivity index (χ3v) is 5.71. The topological polar surface area (TPSA) is 102 Å². The van der Waals surface area contributed by atoms with Gasteiger partial charge in [0.15, 0.2) is 11.6 Å². The highest BCUT2D eigenvalue weighted by atomic mass is 127. The van der Waals surface area contributed by atoms with Crippen molar-refractivity contribution in [1.29, 1.82) is 5.26 Å². The van der Waals surface area contributed by atoms with Crippen LogP contribution in [0.2, 0.25) is 0 Å². The molecule has 1 saturated heterocycles. The van der Waals surface area contributed by atoms with Crippen molar-refractivity contribution in [2.75, 3.05) is 43.9 Å². The Kier molecular flexibility index (Phi) is 8.13. The van der Waals surface area contributed by atoms with Crippen molar-refractivity contribution in [2.24, 2.45) is 4.99 Å². The van der Waals surface area contributed by atoms with E-state index < -0.39 is 23.4 Å². The van der Waals surface area contributed by atoms with Gasteiger partial charge in [-0.1, -0.05) is 22.6 Å². The number of hydrogen-bond donors (Lipinski definition) is 0. The fraction of sp³-hybridized carbons (Fsp3) is 0.412. The molecule has 1 aromatic carbocycles. The quantitative estimate of drug-likeness (QED) is 0.162. The summed E-state index contributed by atoms with van der Waals surface area (Å²) in [5.74, 6) is -1.89. The van der Waals surface area contributed by atoms with E-state index in [9.17, 15) is 13.6 Å². The molecule has 0 radical (unpaired) electrons. The summed E-state index contributed by atoms with van der Waals surface area (Å²) < 4.78 is 45.3. The second-order valence-electron chi connectivity index (χ2n) is 6.02. The molecule has 1 fully saturated rings. The molecule has 3 rings (SSSR count). The molecule has 0 amide bonds. The van der Waals surface area contributed by atoms with Crippen molar-refractivity contribution < 1.29 is 27.8 Å². The Morgan fingerprint density at radius 3 is 2.80 bits per heavy atom. The summed E-state index contributed by atoms with van der Waals surface area (Å²) >= 11 is 3.60. The number of hydrogen-bond acceptors (Lipinski definition) is 8. The number of halogens is 4. The number of morpholine rings is 1. The SMILES string of the molecule is N#Cc1cc(F)c2nc(/N=C(/CI)OC(=O)OCCN3CCOCC3)n(I)c2c1F. The van der Waals surface area contributed by atoms with Crippen molar-refractivity contribution in [3.05, 3.63) is 23.3 Å². The molecular formula is C17H15F2I2N5O4. The number of rotatable bonds is 5. The molecule has 2 aromatic rings. The minimum atomic E-state index is -0.932. The fourth-order valence-electron chi connectivity index (χ4n) is 2.68. The molecule has 1 aliphatic heterocycles. The Morgan fingerprint density at radius 2 is 2.13 bits per heavy atom. The van der Waals surface area contributed by atoms with Crippen molar-refractivity contribution >= 4 is 74.5 Å². The van der Waals surface area contributed by atoms with Gasteiger partial charge in [-0.25, -0.2) is 21.3 Å². The maximum absolute atomic E-state index is 14.4. The average molecular weight is 645 g/mol. The largest absolute Gasteiger partial charge is 0.515 e. The standard InChI is InChI=1S/C17H15F2I2N5O4/c18-11-7-10(9-22)13(19)15-14(11)24-16(26(15)21)23-12(8-20)30-17(27)29-6-3-25-1-4-28-5-2-25/h7H,1-6,8H2/b23-12-. The maximum atomic E-state index is 14.4. The Morgan fingerprint density at radius 1 is 1.40 bits per heavy atom. The van der Waals surface area contributed by atoms with Gasteiger partial charge in [0, 0.05) is 19.6 Å². The van der Waals surface area contributed by atoms with E-state index in [0.29, 0.717) is 19.8 Å². The van der Waals surface area contributed by atoms with Gasteiger partial charge >= 0.3 is 6.16 Å². The molecule has 0 bridgehead atoms. The van der Waals surface area contributed by atoms with Gasteiger partial charge in [-0.05, 0) is 6.07 Å². The summed E-state index contributed by atoms with van der Waals surface area (Å²) in [6.07, 6.45) is -0.932. The number of carbonyl (C=O) groups is 1. The fourth-order valence-corrected chi connectivity index (χ4v) is 3.67. The monoisotopic (exact) mass is 645 g/mol. The number of imidazole rings is 1. The smallest absolute Gasteiger partial charge is 0.433 e. The van der Waals surface area contributed by atoms with Crippen LogP contribution in [0.3, 0.4) is 0 Å². The van der Waals surface area contributed by atoms with Crippen molar-refractivity contribution in [2.45, 2.75) is 0 Å². The Hall–Kier alpha value is -1.64. The predicted molar refractivity (Wildman–Crippen MR) is 119 cm³/mol. The number of nitrogens with zero attached hydrogens (tertiary/aromatic N) is 5. The zero-order chi connectivity index (χ0) is 21.7. The van der Waals surface area contributed by atoms with Gasteiger partial charge in [0.2, 0.25) is 11.8 Å². The first-order chi connectivity index (χ1) is 14.4. The van der Waals surface area contributed by atoms with Crippen LogP contribution in [-0.2, 0) is 14.2 Å². The molecule has 9 nitrogen and oxygen atoms in total. The molecule has 0 N–H and O–H groups in total. The van der Waals surface area contributed by atoms with Crippen LogP contribution in [0.1, 0.15) is 5.56 Å². The third kappa shape index (κ3) is 5.34. The van der Waals surface area contributed by atoms with Gasteiger partial charge in [0.1, 0.15) is 23.7 Å². The first-order valence-corrected chi connectivity index (χ1v) is 11.2. The van der Waals surface area contributed by atoms with Crippen LogP contribution in [0, 0.1) is 23.0 Å². The van der Waals surface area contributed by atoms with E-state index in [0.717, 1.165) is 21.9 Å². The zero-order valence-corrected chi connectivity index (χ0v) is 19.7. The lowest BCUT2D eigenvalue weighted by atomic mass is 10.2. The molecule has 2 heterocycles. The van der Waals surface area contributed by atoms with Crippen LogP contribution >= 0.6 is 45.5 Å². The lowest BCUT2D eigenvalue weighted by molar-refractivity contribution is 0.0235. The normalized spacial score (nSPS) is 15.2. The summed E-state index contributed by atoms with van der Waals surface area (Å²) in [4.78, 5) is 22.1.